The highest BCUT2D eigenvalue weighted by Crippen LogP contribution is 2.09. The highest BCUT2D eigenvalue weighted by molar-refractivity contribution is 5.92. The van der Waals surface area contributed by atoms with Gasteiger partial charge in [-0.1, -0.05) is 0 Å². The van der Waals surface area contributed by atoms with Crippen molar-refractivity contribution >= 4 is 11.8 Å². The summed E-state index contributed by atoms with van der Waals surface area (Å²) in [5.74, 6) is -1.14. The smallest absolute Gasteiger partial charge is 0.303 e. The highest BCUT2D eigenvalue weighted by atomic mass is 16.4. The predicted octanol–water partition coefficient (Wildman–Crippen LogP) is -0.925. The van der Waals surface area contributed by atoms with Gasteiger partial charge in [-0.3, -0.25) is 9.59 Å². The average molecular weight is 231 g/mol. The average Bonchev–Trinajstić information content (AvgIpc) is 2.21. The molecule has 0 radical (unpaired) electrons. The number of nitrogens with two attached hydrogens (primary N) is 2. The second-order valence-electron chi connectivity index (χ2n) is 4.24. The van der Waals surface area contributed by atoms with Crippen LogP contribution in [0.25, 0.3) is 0 Å². The SMILES string of the molecule is CC(C)(NCCN)C(=O)C(N)CCC(=O)O. The minimum atomic E-state index is -0.948. The van der Waals surface area contributed by atoms with Gasteiger partial charge in [-0.05, 0) is 20.3 Å². The van der Waals surface area contributed by atoms with E-state index in [4.69, 9.17) is 16.6 Å². The molecule has 0 aromatic heterocycles. The van der Waals surface area contributed by atoms with Crippen molar-refractivity contribution in [1.29, 1.82) is 0 Å². The topological polar surface area (TPSA) is 118 Å². The van der Waals surface area contributed by atoms with E-state index in [2.05, 4.69) is 5.32 Å². The molecule has 6 heteroatoms. The molecule has 0 rings (SSSR count). The lowest BCUT2D eigenvalue weighted by atomic mass is 9.91. The molecule has 16 heavy (non-hydrogen) atoms. The Balaban J connectivity index is 4.23. The number of hydrogen-bond acceptors (Lipinski definition) is 5. The molecule has 1 unspecified atom stereocenters. The van der Waals surface area contributed by atoms with E-state index in [9.17, 15) is 9.59 Å². The van der Waals surface area contributed by atoms with Gasteiger partial charge in [0.1, 0.15) is 0 Å². The van der Waals surface area contributed by atoms with E-state index in [1.165, 1.54) is 0 Å². The van der Waals surface area contributed by atoms with Crippen LogP contribution in [-0.2, 0) is 9.59 Å². The summed E-state index contributed by atoms with van der Waals surface area (Å²) in [5, 5.41) is 11.5. The lowest BCUT2D eigenvalue weighted by molar-refractivity contribution is -0.137. The first-order valence-corrected chi connectivity index (χ1v) is 5.28. The number of ketones is 1. The Hall–Kier alpha value is -0.980. The van der Waals surface area contributed by atoms with E-state index in [1.807, 2.05) is 0 Å². The Bertz CT molecular complexity index is 254. The first kappa shape index (κ1) is 15.0. The van der Waals surface area contributed by atoms with Gasteiger partial charge in [-0.2, -0.15) is 0 Å². The van der Waals surface area contributed by atoms with E-state index in [1.54, 1.807) is 13.8 Å². The van der Waals surface area contributed by atoms with Gasteiger partial charge in [0.05, 0.1) is 11.6 Å². The molecule has 0 fully saturated rings. The van der Waals surface area contributed by atoms with Crippen LogP contribution in [0.1, 0.15) is 26.7 Å². The van der Waals surface area contributed by atoms with Crippen LogP contribution in [0, 0.1) is 0 Å². The highest BCUT2D eigenvalue weighted by Gasteiger charge is 2.31. The van der Waals surface area contributed by atoms with Crippen LogP contribution in [0.3, 0.4) is 0 Å². The molecule has 0 bridgehead atoms. The van der Waals surface area contributed by atoms with E-state index >= 15 is 0 Å². The summed E-state index contributed by atoms with van der Waals surface area (Å²) in [6.07, 6.45) is 0.0573. The molecule has 94 valence electrons. The monoisotopic (exact) mass is 231 g/mol. The molecule has 0 amide bonds. The summed E-state index contributed by atoms with van der Waals surface area (Å²) in [5.41, 5.74) is 10.2. The van der Waals surface area contributed by atoms with Gasteiger partial charge < -0.3 is 21.9 Å². The molecule has 0 aliphatic carbocycles. The zero-order chi connectivity index (χ0) is 12.8. The minimum absolute atomic E-state index is 0.0973. The summed E-state index contributed by atoms with van der Waals surface area (Å²) in [4.78, 5) is 22.2. The molecular weight excluding hydrogens is 210 g/mol. The fourth-order valence-corrected chi connectivity index (χ4v) is 1.35. The van der Waals surface area contributed by atoms with Crippen molar-refractivity contribution in [3.8, 4) is 0 Å². The van der Waals surface area contributed by atoms with Crippen LogP contribution in [0.4, 0.5) is 0 Å². The first-order valence-electron chi connectivity index (χ1n) is 5.28. The van der Waals surface area contributed by atoms with Gasteiger partial charge in [0.25, 0.3) is 0 Å². The number of Topliss-reactive ketones (excluding diaryl/α,β-unsaturated/α-hetero) is 1. The third kappa shape index (κ3) is 5.20. The lowest BCUT2D eigenvalue weighted by Crippen LogP contribution is -2.54. The molecule has 1 atom stereocenters. The van der Waals surface area contributed by atoms with E-state index in [-0.39, 0.29) is 18.6 Å². The molecular formula is C10H21N3O3. The van der Waals surface area contributed by atoms with Gasteiger partial charge in [0, 0.05) is 19.5 Å². The van der Waals surface area contributed by atoms with Crippen molar-refractivity contribution < 1.29 is 14.7 Å². The van der Waals surface area contributed by atoms with Gasteiger partial charge in [-0.15, -0.1) is 0 Å². The standard InChI is InChI=1S/C10H21N3O3/c1-10(2,13-6-5-11)9(16)7(12)3-4-8(14)15/h7,13H,3-6,11-12H2,1-2H3,(H,14,15). The van der Waals surface area contributed by atoms with Crippen molar-refractivity contribution in [2.45, 2.75) is 38.3 Å². The van der Waals surface area contributed by atoms with Crippen LogP contribution in [-0.4, -0.2) is 41.5 Å². The first-order chi connectivity index (χ1) is 7.31. The number of carbonyl (C=O) groups is 2. The van der Waals surface area contributed by atoms with Crippen LogP contribution >= 0.6 is 0 Å². The van der Waals surface area contributed by atoms with E-state index in [0.29, 0.717) is 13.1 Å². The van der Waals surface area contributed by atoms with Crippen LogP contribution in [0.5, 0.6) is 0 Å². The molecule has 0 heterocycles. The summed E-state index contributed by atoms with van der Waals surface area (Å²) < 4.78 is 0. The van der Waals surface area contributed by atoms with Gasteiger partial charge in [0.15, 0.2) is 5.78 Å². The van der Waals surface area contributed by atoms with Crippen LogP contribution < -0.4 is 16.8 Å². The summed E-state index contributed by atoms with van der Waals surface area (Å²) in [7, 11) is 0. The largest absolute Gasteiger partial charge is 0.481 e. The quantitative estimate of drug-likeness (QED) is 0.429. The number of hydrogen-bond donors (Lipinski definition) is 4. The van der Waals surface area contributed by atoms with E-state index < -0.39 is 17.6 Å². The number of aliphatic carboxylic acids is 1. The normalized spacial score (nSPS) is 13.5. The second-order valence-corrected chi connectivity index (χ2v) is 4.24. The fourth-order valence-electron chi connectivity index (χ4n) is 1.35. The molecule has 0 spiro atoms. The zero-order valence-corrected chi connectivity index (χ0v) is 9.82. The van der Waals surface area contributed by atoms with Crippen LogP contribution in [0.15, 0.2) is 0 Å². The third-order valence-corrected chi connectivity index (χ3v) is 2.33. The maximum absolute atomic E-state index is 11.9. The van der Waals surface area contributed by atoms with Crippen molar-refractivity contribution in [2.75, 3.05) is 13.1 Å². The Kier molecular flexibility index (Phi) is 6.17. The number of rotatable bonds is 8. The molecule has 6 N–H and O–H groups in total. The van der Waals surface area contributed by atoms with Gasteiger partial charge in [-0.25, -0.2) is 0 Å². The van der Waals surface area contributed by atoms with Crippen molar-refractivity contribution in [3.05, 3.63) is 0 Å². The molecule has 0 saturated carbocycles. The molecule has 0 aliphatic rings. The predicted molar refractivity (Wildman–Crippen MR) is 61.0 cm³/mol. The van der Waals surface area contributed by atoms with Crippen molar-refractivity contribution in [2.24, 2.45) is 11.5 Å². The summed E-state index contributed by atoms with van der Waals surface area (Å²) >= 11 is 0. The maximum atomic E-state index is 11.9. The van der Waals surface area contributed by atoms with Crippen molar-refractivity contribution in [1.82, 2.24) is 5.32 Å². The van der Waals surface area contributed by atoms with Crippen molar-refractivity contribution in [3.63, 3.8) is 0 Å². The van der Waals surface area contributed by atoms with E-state index in [0.717, 1.165) is 0 Å². The second kappa shape index (κ2) is 6.57. The number of carboxylic acids is 1. The van der Waals surface area contributed by atoms with Gasteiger partial charge in [0.2, 0.25) is 0 Å². The molecule has 0 aromatic rings. The number of nitrogens with one attached hydrogen (secondary N) is 1. The molecule has 0 aromatic carbocycles. The Morgan fingerprint density at radius 2 is 2.00 bits per heavy atom. The Labute approximate surface area is 95.4 Å². The van der Waals surface area contributed by atoms with Crippen LogP contribution in [0.2, 0.25) is 0 Å². The number of carbonyl (C=O) groups excluding carboxylic acids is 1. The van der Waals surface area contributed by atoms with Gasteiger partial charge >= 0.3 is 5.97 Å². The zero-order valence-electron chi connectivity index (χ0n) is 9.82. The summed E-state index contributed by atoms with van der Waals surface area (Å²) in [6.45, 7) is 4.38. The lowest BCUT2D eigenvalue weighted by Gasteiger charge is -2.27. The minimum Gasteiger partial charge on any atom is -0.481 e. The fraction of sp³-hybridized carbons (Fsp3) is 0.800. The summed E-state index contributed by atoms with van der Waals surface area (Å²) in [6, 6.07) is -0.753. The molecule has 0 saturated heterocycles. The molecule has 0 aliphatic heterocycles. The molecule has 6 nitrogen and oxygen atoms in total. The maximum Gasteiger partial charge on any atom is 0.303 e. The Morgan fingerprint density at radius 3 is 2.44 bits per heavy atom. The number of carboxylic acid groups (broad SMARTS) is 1. The third-order valence-electron chi connectivity index (χ3n) is 2.33. The Morgan fingerprint density at radius 1 is 1.44 bits per heavy atom.